The van der Waals surface area contributed by atoms with Crippen LogP contribution in [0.5, 0.6) is 5.75 Å². The van der Waals surface area contributed by atoms with Crippen molar-refractivity contribution in [1.82, 2.24) is 15.6 Å². The van der Waals surface area contributed by atoms with Crippen LogP contribution in [0.4, 0.5) is 0 Å². The number of thiazole rings is 1. The molecule has 0 fully saturated rings. The third-order valence-corrected chi connectivity index (χ3v) is 4.71. The normalized spacial score (nSPS) is 11.5. The molecule has 1 aromatic heterocycles. The predicted octanol–water partition coefficient (Wildman–Crippen LogP) is 3.43. The van der Waals surface area contributed by atoms with Gasteiger partial charge in [-0.1, -0.05) is 12.1 Å². The number of rotatable bonds is 10. The summed E-state index contributed by atoms with van der Waals surface area (Å²) in [6.45, 7) is 9.53. The molecule has 2 rings (SSSR count). The summed E-state index contributed by atoms with van der Waals surface area (Å²) in [5.74, 6) is 1.66. The standard InChI is InChI=1S/C20H30N4O2S/c1-5-21-20(24-14-19-22-12-16(3)27-19)23-13-17-8-7-15(2)11-18(17)26-10-6-9-25-4/h7-8,11-12H,5-6,9-10,13-14H2,1-4H3,(H2,21,23,24). The molecule has 0 bridgehead atoms. The Morgan fingerprint density at radius 2 is 2.07 bits per heavy atom. The molecule has 148 valence electrons. The van der Waals surface area contributed by atoms with Crippen LogP contribution < -0.4 is 15.4 Å². The van der Waals surface area contributed by atoms with Crippen LogP contribution in [0.3, 0.4) is 0 Å². The molecule has 0 aliphatic rings. The maximum absolute atomic E-state index is 5.95. The molecule has 0 aliphatic carbocycles. The molecule has 0 unspecified atom stereocenters. The summed E-state index contributed by atoms with van der Waals surface area (Å²) in [6, 6.07) is 6.24. The molecule has 0 saturated heterocycles. The van der Waals surface area contributed by atoms with Gasteiger partial charge in [-0.05, 0) is 32.4 Å². The molecule has 2 N–H and O–H groups in total. The fraction of sp³-hybridized carbons (Fsp3) is 0.500. The van der Waals surface area contributed by atoms with E-state index in [0.29, 0.717) is 26.3 Å². The van der Waals surface area contributed by atoms with Crippen molar-refractivity contribution in [1.29, 1.82) is 0 Å². The summed E-state index contributed by atoms with van der Waals surface area (Å²) < 4.78 is 11.0. The molecule has 0 spiro atoms. The van der Waals surface area contributed by atoms with Crippen LogP contribution in [0.25, 0.3) is 0 Å². The van der Waals surface area contributed by atoms with Gasteiger partial charge in [-0.2, -0.15) is 0 Å². The summed E-state index contributed by atoms with van der Waals surface area (Å²) in [7, 11) is 1.70. The molecule has 2 aromatic rings. The second-order valence-electron chi connectivity index (χ2n) is 6.22. The molecular weight excluding hydrogens is 360 g/mol. The van der Waals surface area contributed by atoms with Crippen molar-refractivity contribution in [3.63, 3.8) is 0 Å². The number of aliphatic imine (C=N–C) groups is 1. The molecule has 0 atom stereocenters. The van der Waals surface area contributed by atoms with Crippen molar-refractivity contribution in [2.75, 3.05) is 26.9 Å². The number of guanidine groups is 1. The van der Waals surface area contributed by atoms with Crippen molar-refractivity contribution in [3.8, 4) is 5.75 Å². The summed E-state index contributed by atoms with van der Waals surface area (Å²) in [5, 5.41) is 7.67. The highest BCUT2D eigenvalue weighted by molar-refractivity contribution is 7.11. The van der Waals surface area contributed by atoms with Crippen molar-refractivity contribution in [2.24, 2.45) is 4.99 Å². The van der Waals surface area contributed by atoms with E-state index >= 15 is 0 Å². The number of hydrogen-bond donors (Lipinski definition) is 2. The zero-order valence-electron chi connectivity index (χ0n) is 16.7. The minimum absolute atomic E-state index is 0.548. The number of benzene rings is 1. The quantitative estimate of drug-likeness (QED) is 0.370. The minimum Gasteiger partial charge on any atom is -0.493 e. The van der Waals surface area contributed by atoms with E-state index in [4.69, 9.17) is 14.5 Å². The van der Waals surface area contributed by atoms with Gasteiger partial charge in [0.2, 0.25) is 0 Å². The van der Waals surface area contributed by atoms with Crippen LogP contribution in [0.1, 0.15) is 34.4 Å². The Hall–Kier alpha value is -2.12. The molecule has 1 heterocycles. The highest BCUT2D eigenvalue weighted by Crippen LogP contribution is 2.21. The molecule has 1 aromatic carbocycles. The van der Waals surface area contributed by atoms with E-state index in [9.17, 15) is 0 Å². The number of nitrogens with zero attached hydrogens (tertiary/aromatic N) is 2. The number of aryl methyl sites for hydroxylation is 2. The summed E-state index contributed by atoms with van der Waals surface area (Å²) >= 11 is 1.69. The molecule has 0 amide bonds. The number of methoxy groups -OCH3 is 1. The van der Waals surface area contributed by atoms with E-state index in [1.54, 1.807) is 18.4 Å². The van der Waals surface area contributed by atoms with Gasteiger partial charge in [0.15, 0.2) is 5.96 Å². The topological polar surface area (TPSA) is 67.8 Å². The SMILES string of the molecule is CCNC(=NCc1ccc(C)cc1OCCCOC)NCc1ncc(C)s1. The lowest BCUT2D eigenvalue weighted by Crippen LogP contribution is -2.36. The summed E-state index contributed by atoms with van der Waals surface area (Å²) in [6.07, 6.45) is 2.76. The van der Waals surface area contributed by atoms with Gasteiger partial charge in [-0.15, -0.1) is 11.3 Å². The second kappa shape index (κ2) is 11.6. The zero-order valence-corrected chi connectivity index (χ0v) is 17.5. The first-order chi connectivity index (χ1) is 13.1. The first-order valence-corrected chi connectivity index (χ1v) is 10.1. The molecule has 0 aliphatic heterocycles. The average molecular weight is 391 g/mol. The maximum Gasteiger partial charge on any atom is 0.191 e. The van der Waals surface area contributed by atoms with E-state index in [2.05, 4.69) is 54.6 Å². The van der Waals surface area contributed by atoms with Crippen molar-refractivity contribution in [2.45, 2.75) is 40.3 Å². The Balaban J connectivity index is 2.00. The van der Waals surface area contributed by atoms with Crippen molar-refractivity contribution in [3.05, 3.63) is 45.4 Å². The Kier molecular flexibility index (Phi) is 9.07. The summed E-state index contributed by atoms with van der Waals surface area (Å²) in [5.41, 5.74) is 2.24. The predicted molar refractivity (Wildman–Crippen MR) is 112 cm³/mol. The lowest BCUT2D eigenvalue weighted by molar-refractivity contribution is 0.172. The van der Waals surface area contributed by atoms with Gasteiger partial charge in [0.05, 0.1) is 19.7 Å². The number of nitrogens with one attached hydrogen (secondary N) is 2. The maximum atomic E-state index is 5.95. The summed E-state index contributed by atoms with van der Waals surface area (Å²) in [4.78, 5) is 10.3. The molecular formula is C20H30N4O2S. The van der Waals surface area contributed by atoms with Crippen LogP contribution in [0.15, 0.2) is 29.4 Å². The van der Waals surface area contributed by atoms with Crippen LogP contribution in [-0.2, 0) is 17.8 Å². The van der Waals surface area contributed by atoms with Crippen LogP contribution in [0, 0.1) is 13.8 Å². The fourth-order valence-corrected chi connectivity index (χ4v) is 3.19. The number of aromatic nitrogens is 1. The molecule has 0 radical (unpaired) electrons. The fourth-order valence-electron chi connectivity index (χ4n) is 2.46. The Morgan fingerprint density at radius 3 is 2.78 bits per heavy atom. The van der Waals surface area contributed by atoms with E-state index < -0.39 is 0 Å². The van der Waals surface area contributed by atoms with Crippen LogP contribution in [-0.4, -0.2) is 37.8 Å². The molecule has 7 heteroatoms. The third-order valence-electron chi connectivity index (χ3n) is 3.80. The Bertz CT molecular complexity index is 731. The minimum atomic E-state index is 0.548. The first-order valence-electron chi connectivity index (χ1n) is 9.27. The van der Waals surface area contributed by atoms with Gasteiger partial charge in [0.1, 0.15) is 10.8 Å². The van der Waals surface area contributed by atoms with Gasteiger partial charge >= 0.3 is 0 Å². The van der Waals surface area contributed by atoms with Gasteiger partial charge in [0.25, 0.3) is 0 Å². The zero-order chi connectivity index (χ0) is 19.5. The van der Waals surface area contributed by atoms with E-state index in [-0.39, 0.29) is 0 Å². The third kappa shape index (κ3) is 7.56. The van der Waals surface area contributed by atoms with Gasteiger partial charge in [-0.3, -0.25) is 0 Å². The van der Waals surface area contributed by atoms with Crippen molar-refractivity contribution < 1.29 is 9.47 Å². The van der Waals surface area contributed by atoms with Gasteiger partial charge < -0.3 is 20.1 Å². The lowest BCUT2D eigenvalue weighted by Gasteiger charge is -2.13. The molecule has 6 nitrogen and oxygen atoms in total. The highest BCUT2D eigenvalue weighted by Gasteiger charge is 2.06. The van der Waals surface area contributed by atoms with E-state index in [0.717, 1.165) is 35.2 Å². The van der Waals surface area contributed by atoms with Crippen molar-refractivity contribution >= 4 is 17.3 Å². The number of ether oxygens (including phenoxy) is 2. The second-order valence-corrected chi connectivity index (χ2v) is 7.54. The van der Waals surface area contributed by atoms with Gasteiger partial charge in [0, 0.05) is 43.3 Å². The largest absolute Gasteiger partial charge is 0.493 e. The molecule has 0 saturated carbocycles. The highest BCUT2D eigenvalue weighted by atomic mass is 32.1. The monoisotopic (exact) mass is 390 g/mol. The smallest absolute Gasteiger partial charge is 0.191 e. The Labute approximate surface area is 166 Å². The van der Waals surface area contributed by atoms with Crippen LogP contribution >= 0.6 is 11.3 Å². The van der Waals surface area contributed by atoms with E-state index in [1.807, 2.05) is 6.20 Å². The first kappa shape index (κ1) is 21.2. The average Bonchev–Trinajstić information content (AvgIpc) is 3.07. The number of hydrogen-bond acceptors (Lipinski definition) is 5. The van der Waals surface area contributed by atoms with Gasteiger partial charge in [-0.25, -0.2) is 9.98 Å². The van der Waals surface area contributed by atoms with Crippen LogP contribution in [0.2, 0.25) is 0 Å². The molecule has 27 heavy (non-hydrogen) atoms. The lowest BCUT2D eigenvalue weighted by atomic mass is 10.1. The van der Waals surface area contributed by atoms with E-state index in [1.165, 1.54) is 10.4 Å². The Morgan fingerprint density at radius 1 is 1.22 bits per heavy atom.